The van der Waals surface area contributed by atoms with Crippen molar-refractivity contribution in [1.82, 2.24) is 9.88 Å². The fourth-order valence-electron chi connectivity index (χ4n) is 2.87. The Morgan fingerprint density at radius 1 is 1.24 bits per heavy atom. The summed E-state index contributed by atoms with van der Waals surface area (Å²) in [5.74, 6) is 0.501. The van der Waals surface area contributed by atoms with Gasteiger partial charge in [0.05, 0.1) is 0 Å². The molecule has 0 N–H and O–H groups in total. The maximum Gasteiger partial charge on any atom is 0.253 e. The maximum atomic E-state index is 12.5. The first-order valence-corrected chi connectivity index (χ1v) is 7.57. The highest BCUT2D eigenvalue weighted by Crippen LogP contribution is 2.26. The number of carbonyl (C=O) groups excluding carboxylic acids is 1. The Balaban J connectivity index is 1.69. The Hall–Kier alpha value is -2.16. The van der Waals surface area contributed by atoms with E-state index in [0.717, 1.165) is 37.2 Å². The van der Waals surface area contributed by atoms with Gasteiger partial charge < -0.3 is 4.90 Å². The largest absolute Gasteiger partial charge is 0.338 e. The van der Waals surface area contributed by atoms with E-state index in [1.54, 1.807) is 0 Å². The Bertz CT molecular complexity index is 607. The normalized spacial score (nSPS) is 18.0. The molecule has 0 spiro atoms. The quantitative estimate of drug-likeness (QED) is 0.864. The molecular formula is C18H20N2O. The first-order chi connectivity index (χ1) is 10.3. The van der Waals surface area contributed by atoms with E-state index in [1.165, 1.54) is 5.56 Å². The number of aryl methyl sites for hydroxylation is 1. The fourth-order valence-corrected chi connectivity index (χ4v) is 2.87. The monoisotopic (exact) mass is 280 g/mol. The molecule has 1 saturated heterocycles. The summed E-state index contributed by atoms with van der Waals surface area (Å²) in [5.41, 5.74) is 3.14. The van der Waals surface area contributed by atoms with Gasteiger partial charge >= 0.3 is 0 Å². The summed E-state index contributed by atoms with van der Waals surface area (Å²) in [4.78, 5) is 18.9. The second-order valence-corrected chi connectivity index (χ2v) is 5.54. The van der Waals surface area contributed by atoms with Crippen LogP contribution in [0.4, 0.5) is 0 Å². The average Bonchev–Trinajstić information content (AvgIpc) is 3.05. The van der Waals surface area contributed by atoms with E-state index in [1.807, 2.05) is 47.5 Å². The van der Waals surface area contributed by atoms with E-state index in [9.17, 15) is 4.79 Å². The molecule has 1 amide bonds. The SMILES string of the molecule is CCc1ccc(C(=O)N2CCC(c3ccccn3)C2)cc1. The third-order valence-electron chi connectivity index (χ3n) is 4.19. The highest BCUT2D eigenvalue weighted by Gasteiger charge is 2.28. The van der Waals surface area contributed by atoms with Crippen molar-refractivity contribution >= 4 is 5.91 Å². The van der Waals surface area contributed by atoms with Gasteiger partial charge in [0, 0.05) is 36.5 Å². The van der Waals surface area contributed by atoms with Gasteiger partial charge in [-0.1, -0.05) is 25.1 Å². The minimum atomic E-state index is 0.135. The smallest absolute Gasteiger partial charge is 0.253 e. The van der Waals surface area contributed by atoms with E-state index in [0.29, 0.717) is 5.92 Å². The summed E-state index contributed by atoms with van der Waals surface area (Å²) >= 11 is 0. The summed E-state index contributed by atoms with van der Waals surface area (Å²) in [5, 5.41) is 0. The predicted octanol–water partition coefficient (Wildman–Crippen LogP) is 3.27. The van der Waals surface area contributed by atoms with Gasteiger partial charge in [0.1, 0.15) is 0 Å². The molecule has 0 saturated carbocycles. The van der Waals surface area contributed by atoms with Crippen LogP contribution in [0.25, 0.3) is 0 Å². The minimum Gasteiger partial charge on any atom is -0.338 e. The van der Waals surface area contributed by atoms with Crippen molar-refractivity contribution in [3.63, 3.8) is 0 Å². The zero-order chi connectivity index (χ0) is 14.7. The average molecular weight is 280 g/mol. The standard InChI is InChI=1S/C18H20N2O/c1-2-14-6-8-15(9-7-14)18(21)20-12-10-16(13-20)17-5-3-4-11-19-17/h3-9,11,16H,2,10,12-13H2,1H3. The van der Waals surface area contributed by atoms with Crippen LogP contribution in [-0.4, -0.2) is 28.9 Å². The Morgan fingerprint density at radius 3 is 2.71 bits per heavy atom. The van der Waals surface area contributed by atoms with Crippen LogP contribution >= 0.6 is 0 Å². The number of benzene rings is 1. The molecule has 0 radical (unpaired) electrons. The van der Waals surface area contributed by atoms with Crippen molar-refractivity contribution in [2.75, 3.05) is 13.1 Å². The molecule has 108 valence electrons. The van der Waals surface area contributed by atoms with Crippen molar-refractivity contribution in [3.8, 4) is 0 Å². The van der Waals surface area contributed by atoms with Gasteiger partial charge in [0.15, 0.2) is 0 Å². The molecule has 3 nitrogen and oxygen atoms in total. The van der Waals surface area contributed by atoms with Crippen molar-refractivity contribution in [1.29, 1.82) is 0 Å². The molecular weight excluding hydrogens is 260 g/mol. The molecule has 3 rings (SSSR count). The Morgan fingerprint density at radius 2 is 2.05 bits per heavy atom. The van der Waals surface area contributed by atoms with Gasteiger partial charge in [-0.05, 0) is 42.7 Å². The second kappa shape index (κ2) is 6.08. The maximum absolute atomic E-state index is 12.5. The Kier molecular flexibility index (Phi) is 4.00. The lowest BCUT2D eigenvalue weighted by molar-refractivity contribution is 0.0790. The first-order valence-electron chi connectivity index (χ1n) is 7.57. The number of pyridine rings is 1. The van der Waals surface area contributed by atoms with E-state index in [4.69, 9.17) is 0 Å². The lowest BCUT2D eigenvalue weighted by Crippen LogP contribution is -2.28. The van der Waals surface area contributed by atoms with Gasteiger partial charge in [0.25, 0.3) is 5.91 Å². The molecule has 2 heterocycles. The molecule has 1 unspecified atom stereocenters. The number of likely N-dealkylation sites (tertiary alicyclic amines) is 1. The molecule has 1 aliphatic heterocycles. The molecule has 0 bridgehead atoms. The van der Waals surface area contributed by atoms with Crippen molar-refractivity contribution in [2.45, 2.75) is 25.7 Å². The number of amides is 1. The summed E-state index contributed by atoms with van der Waals surface area (Å²) < 4.78 is 0. The van der Waals surface area contributed by atoms with Crippen LogP contribution in [0.15, 0.2) is 48.7 Å². The van der Waals surface area contributed by atoms with Crippen LogP contribution in [0.2, 0.25) is 0 Å². The van der Waals surface area contributed by atoms with Crippen LogP contribution in [0.3, 0.4) is 0 Å². The third-order valence-corrected chi connectivity index (χ3v) is 4.19. The van der Waals surface area contributed by atoms with Gasteiger partial charge in [-0.25, -0.2) is 0 Å². The van der Waals surface area contributed by atoms with Gasteiger partial charge in [-0.15, -0.1) is 0 Å². The zero-order valence-electron chi connectivity index (χ0n) is 12.3. The van der Waals surface area contributed by atoms with E-state index >= 15 is 0 Å². The molecule has 1 aromatic heterocycles. The molecule has 21 heavy (non-hydrogen) atoms. The van der Waals surface area contributed by atoms with Gasteiger partial charge in [-0.2, -0.15) is 0 Å². The number of aromatic nitrogens is 1. The van der Waals surface area contributed by atoms with Crippen LogP contribution < -0.4 is 0 Å². The number of nitrogens with zero attached hydrogens (tertiary/aromatic N) is 2. The van der Waals surface area contributed by atoms with E-state index in [-0.39, 0.29) is 5.91 Å². The predicted molar refractivity (Wildman–Crippen MR) is 83.3 cm³/mol. The summed E-state index contributed by atoms with van der Waals surface area (Å²) in [6.45, 7) is 3.70. The van der Waals surface area contributed by atoms with E-state index < -0.39 is 0 Å². The lowest BCUT2D eigenvalue weighted by Gasteiger charge is -2.16. The minimum absolute atomic E-state index is 0.135. The van der Waals surface area contributed by atoms with Crippen LogP contribution in [0.1, 0.15) is 40.9 Å². The van der Waals surface area contributed by atoms with Crippen LogP contribution in [0.5, 0.6) is 0 Å². The highest BCUT2D eigenvalue weighted by molar-refractivity contribution is 5.94. The summed E-state index contributed by atoms with van der Waals surface area (Å²) in [6, 6.07) is 13.9. The number of hydrogen-bond donors (Lipinski definition) is 0. The van der Waals surface area contributed by atoms with Crippen molar-refractivity contribution in [3.05, 3.63) is 65.5 Å². The van der Waals surface area contributed by atoms with Crippen molar-refractivity contribution in [2.24, 2.45) is 0 Å². The van der Waals surface area contributed by atoms with E-state index in [2.05, 4.69) is 18.0 Å². The lowest BCUT2D eigenvalue weighted by atomic mass is 10.0. The summed E-state index contributed by atoms with van der Waals surface area (Å²) in [7, 11) is 0. The van der Waals surface area contributed by atoms with Gasteiger partial charge in [0.2, 0.25) is 0 Å². The molecule has 1 fully saturated rings. The Labute approximate surface area is 125 Å². The molecule has 0 aliphatic carbocycles. The number of carbonyl (C=O) groups is 1. The molecule has 1 aromatic carbocycles. The number of hydrogen-bond acceptors (Lipinski definition) is 2. The molecule has 3 heteroatoms. The first kappa shape index (κ1) is 13.8. The zero-order valence-corrected chi connectivity index (χ0v) is 12.3. The second-order valence-electron chi connectivity index (χ2n) is 5.54. The molecule has 1 atom stereocenters. The fraction of sp³-hybridized carbons (Fsp3) is 0.333. The topological polar surface area (TPSA) is 33.2 Å². The van der Waals surface area contributed by atoms with Gasteiger partial charge in [-0.3, -0.25) is 9.78 Å². The molecule has 1 aliphatic rings. The van der Waals surface area contributed by atoms with Crippen LogP contribution in [0, 0.1) is 0 Å². The highest BCUT2D eigenvalue weighted by atomic mass is 16.2. The van der Waals surface area contributed by atoms with Crippen LogP contribution in [-0.2, 0) is 6.42 Å². The molecule has 2 aromatic rings. The van der Waals surface area contributed by atoms with Crippen molar-refractivity contribution < 1.29 is 4.79 Å². The summed E-state index contributed by atoms with van der Waals surface area (Å²) in [6.07, 6.45) is 3.82. The third kappa shape index (κ3) is 2.97. The number of rotatable bonds is 3.